The number of carbonyl (C=O) groups excluding carboxylic acids is 2. The van der Waals surface area contributed by atoms with Gasteiger partial charge in [-0.3, -0.25) is 9.59 Å². The lowest BCUT2D eigenvalue weighted by molar-refractivity contribution is -0.124. The molecule has 4 N–H and O–H groups in total. The van der Waals surface area contributed by atoms with Gasteiger partial charge >= 0.3 is 0 Å². The Kier molecular flexibility index (Phi) is 12.6. The molecule has 0 bridgehead atoms. The van der Waals surface area contributed by atoms with Gasteiger partial charge in [-0.1, -0.05) is 78.3 Å². The van der Waals surface area contributed by atoms with Crippen LogP contribution < -0.4 is 30.7 Å². The summed E-state index contributed by atoms with van der Waals surface area (Å²) in [4.78, 5) is 27.5. The van der Waals surface area contributed by atoms with Crippen molar-refractivity contribution in [3.8, 4) is 11.5 Å². The van der Waals surface area contributed by atoms with Crippen LogP contribution in [0.15, 0.2) is 102 Å². The van der Waals surface area contributed by atoms with Crippen molar-refractivity contribution >= 4 is 35.2 Å². The van der Waals surface area contributed by atoms with E-state index in [-0.39, 0.29) is 35.7 Å². The first-order valence-electron chi connectivity index (χ1n) is 18.8. The number of hydrogen-bond acceptors (Lipinski definition) is 7. The van der Waals surface area contributed by atoms with Crippen molar-refractivity contribution < 1.29 is 19.1 Å². The summed E-state index contributed by atoms with van der Waals surface area (Å²) in [5.41, 5.74) is 4.58. The van der Waals surface area contributed by atoms with Crippen molar-refractivity contribution in [3.63, 3.8) is 0 Å². The topological polar surface area (TPSA) is 101 Å². The number of amides is 2. The van der Waals surface area contributed by atoms with E-state index in [1.54, 1.807) is 7.11 Å². The lowest BCUT2D eigenvalue weighted by Gasteiger charge is -2.35. The molecule has 0 radical (unpaired) electrons. The molecule has 278 valence electrons. The van der Waals surface area contributed by atoms with Crippen molar-refractivity contribution in [3.05, 3.63) is 124 Å². The van der Waals surface area contributed by atoms with Gasteiger partial charge in [0.25, 0.3) is 0 Å². The van der Waals surface area contributed by atoms with E-state index in [9.17, 15) is 9.59 Å². The number of thioether (sulfide) groups is 1. The second kappa shape index (κ2) is 17.9. The van der Waals surface area contributed by atoms with Crippen LogP contribution in [0.5, 0.6) is 11.5 Å². The molecule has 53 heavy (non-hydrogen) atoms. The van der Waals surface area contributed by atoms with Crippen LogP contribution in [-0.4, -0.2) is 69.5 Å². The highest BCUT2D eigenvalue weighted by Crippen LogP contribution is 2.40. The van der Waals surface area contributed by atoms with E-state index in [4.69, 9.17) is 21.1 Å². The molecule has 0 aromatic heterocycles. The van der Waals surface area contributed by atoms with Crippen LogP contribution in [0.4, 0.5) is 0 Å². The summed E-state index contributed by atoms with van der Waals surface area (Å²) >= 11 is 8.01. The number of nitrogens with one attached hydrogen (secondary N) is 4. The zero-order valence-electron chi connectivity index (χ0n) is 30.2. The van der Waals surface area contributed by atoms with Crippen LogP contribution in [-0.2, 0) is 9.59 Å². The van der Waals surface area contributed by atoms with Crippen LogP contribution in [0.25, 0.3) is 0 Å². The van der Waals surface area contributed by atoms with Gasteiger partial charge in [0.1, 0.15) is 11.5 Å². The minimum atomic E-state index is -0.175. The van der Waals surface area contributed by atoms with Crippen molar-refractivity contribution in [1.29, 1.82) is 0 Å². The van der Waals surface area contributed by atoms with Crippen molar-refractivity contribution in [2.24, 2.45) is 0 Å². The van der Waals surface area contributed by atoms with Crippen molar-refractivity contribution in [1.82, 2.24) is 21.3 Å². The highest BCUT2D eigenvalue weighted by Gasteiger charge is 2.34. The summed E-state index contributed by atoms with van der Waals surface area (Å²) < 4.78 is 11.0. The van der Waals surface area contributed by atoms with Crippen LogP contribution in [0.2, 0.25) is 5.02 Å². The monoisotopic (exact) mass is 752 g/mol. The molecule has 8 rings (SSSR count). The van der Waals surface area contributed by atoms with E-state index in [0.29, 0.717) is 29.9 Å². The van der Waals surface area contributed by atoms with Gasteiger partial charge in [0, 0.05) is 58.6 Å². The SMILES string of the molecule is COc1ccc2c(c1)OCCC2C(=O)NC1CCNCC1c1ccccc1.O=C(NC1CCNCC1c1ccccc1)C1CCSc2ccc(Cl)cc21. The molecule has 4 aromatic rings. The maximum atomic E-state index is 13.1. The Morgan fingerprint density at radius 2 is 1.34 bits per heavy atom. The fraction of sp³-hybridized carbons (Fsp3) is 0.395. The predicted octanol–water partition coefficient (Wildman–Crippen LogP) is 7.00. The fourth-order valence-corrected chi connectivity index (χ4v) is 9.42. The molecule has 0 spiro atoms. The number of hydrogen-bond donors (Lipinski definition) is 4. The molecule has 2 amide bonds. The average Bonchev–Trinajstić information content (AvgIpc) is 3.21. The fourth-order valence-electron chi connectivity index (χ4n) is 8.14. The Morgan fingerprint density at radius 1 is 0.736 bits per heavy atom. The summed E-state index contributed by atoms with van der Waals surface area (Å²) in [5, 5.41) is 14.3. The number of halogens is 1. The van der Waals surface area contributed by atoms with Crippen LogP contribution >= 0.6 is 23.4 Å². The van der Waals surface area contributed by atoms with Crippen molar-refractivity contribution in [2.45, 2.75) is 66.3 Å². The third-order valence-corrected chi connectivity index (χ3v) is 12.3. The molecule has 4 heterocycles. The first kappa shape index (κ1) is 37.3. The van der Waals surface area contributed by atoms with Gasteiger partial charge in [-0.25, -0.2) is 0 Å². The number of piperidine rings is 2. The highest BCUT2D eigenvalue weighted by molar-refractivity contribution is 7.99. The first-order chi connectivity index (χ1) is 26.0. The van der Waals surface area contributed by atoms with E-state index in [1.807, 2.05) is 60.3 Å². The van der Waals surface area contributed by atoms with Gasteiger partial charge in [0.05, 0.1) is 25.6 Å². The third kappa shape index (κ3) is 9.03. The summed E-state index contributed by atoms with van der Waals surface area (Å²) in [5.74, 6) is 3.04. The first-order valence-corrected chi connectivity index (χ1v) is 20.2. The maximum absolute atomic E-state index is 13.1. The van der Waals surface area contributed by atoms with E-state index >= 15 is 0 Å². The van der Waals surface area contributed by atoms with Gasteiger partial charge in [-0.2, -0.15) is 0 Å². The van der Waals surface area contributed by atoms with Gasteiger partial charge in [0.15, 0.2) is 0 Å². The lowest BCUT2D eigenvalue weighted by Crippen LogP contribution is -2.49. The summed E-state index contributed by atoms with van der Waals surface area (Å²) in [6.45, 7) is 4.20. The van der Waals surface area contributed by atoms with Crippen LogP contribution in [0.1, 0.15) is 71.6 Å². The number of benzene rings is 4. The van der Waals surface area contributed by atoms with E-state index < -0.39 is 0 Å². The second-order valence-corrected chi connectivity index (χ2v) is 15.8. The molecule has 10 heteroatoms. The van der Waals surface area contributed by atoms with Crippen LogP contribution in [0, 0.1) is 0 Å². The average molecular weight is 753 g/mol. The van der Waals surface area contributed by atoms with Crippen LogP contribution in [0.3, 0.4) is 0 Å². The molecule has 0 aliphatic carbocycles. The van der Waals surface area contributed by atoms with E-state index in [2.05, 4.69) is 69.8 Å². The maximum Gasteiger partial charge on any atom is 0.228 e. The zero-order chi connectivity index (χ0) is 36.6. The van der Waals surface area contributed by atoms with Gasteiger partial charge in [-0.05, 0) is 85.5 Å². The Morgan fingerprint density at radius 3 is 1.94 bits per heavy atom. The predicted molar refractivity (Wildman–Crippen MR) is 213 cm³/mol. The largest absolute Gasteiger partial charge is 0.497 e. The molecule has 2 saturated heterocycles. The Balaban J connectivity index is 0.000000164. The number of fused-ring (bicyclic) bond motifs is 2. The number of methoxy groups -OCH3 is 1. The smallest absolute Gasteiger partial charge is 0.228 e. The van der Waals surface area contributed by atoms with Gasteiger partial charge < -0.3 is 30.7 Å². The van der Waals surface area contributed by atoms with Gasteiger partial charge in [-0.15, -0.1) is 11.8 Å². The lowest BCUT2D eigenvalue weighted by atomic mass is 9.85. The molecule has 2 fully saturated rings. The Hall–Kier alpha value is -4.02. The minimum absolute atomic E-state index is 0.0950. The quantitative estimate of drug-likeness (QED) is 0.161. The molecule has 6 atom stereocenters. The molecule has 4 aliphatic heterocycles. The normalized spacial score (nSPS) is 24.9. The number of rotatable bonds is 7. The van der Waals surface area contributed by atoms with E-state index in [0.717, 1.165) is 73.8 Å². The van der Waals surface area contributed by atoms with Crippen molar-refractivity contribution in [2.75, 3.05) is 45.6 Å². The molecular formula is C43H49ClN4O4S. The Labute approximate surface area is 322 Å². The summed E-state index contributed by atoms with van der Waals surface area (Å²) in [6.07, 6.45) is 3.45. The summed E-state index contributed by atoms with van der Waals surface area (Å²) in [7, 11) is 1.63. The highest BCUT2D eigenvalue weighted by atomic mass is 35.5. The number of carbonyl (C=O) groups is 2. The molecule has 4 aromatic carbocycles. The molecular weight excluding hydrogens is 704 g/mol. The molecule has 8 nitrogen and oxygen atoms in total. The second-order valence-electron chi connectivity index (χ2n) is 14.2. The minimum Gasteiger partial charge on any atom is -0.497 e. The van der Waals surface area contributed by atoms with Gasteiger partial charge in [0.2, 0.25) is 11.8 Å². The molecule has 6 unspecified atom stereocenters. The molecule has 0 saturated carbocycles. The number of ether oxygens (including phenoxy) is 2. The third-order valence-electron chi connectivity index (χ3n) is 11.0. The standard InChI is InChI=1S/C22H26N2O3.C21H23ClN2OS/c1-26-16-7-8-17-18(10-12-27-21(17)13-16)22(25)24-20-9-11-23-14-19(20)15-5-3-2-4-6-15;22-15-6-7-20-17(12-15)16(9-11-26-20)21(25)24-19-8-10-23-13-18(19)14-4-2-1-3-5-14/h2-8,13,18-20,23H,9-12,14H2,1H3,(H,24,25);1-7,12,16,18-19,23H,8-11,13H2,(H,24,25). The Bertz CT molecular complexity index is 1850. The van der Waals surface area contributed by atoms with E-state index in [1.165, 1.54) is 16.0 Å². The summed E-state index contributed by atoms with van der Waals surface area (Å²) in [6, 6.07) is 32.9. The zero-order valence-corrected chi connectivity index (χ0v) is 31.8. The molecule has 4 aliphatic rings.